The third-order valence-corrected chi connectivity index (χ3v) is 8.19. The van der Waals surface area contributed by atoms with Gasteiger partial charge in [0.05, 0.1) is 29.3 Å². The maximum Gasteiger partial charge on any atom is 0.245 e. The molecular weight excluding hydrogens is 636 g/mol. The molecule has 0 radical (unpaired) electrons. The van der Waals surface area contributed by atoms with Crippen LogP contribution in [0, 0.1) is 5.92 Å². The number of aliphatic hydroxyl groups is 1. The van der Waals surface area contributed by atoms with Crippen LogP contribution < -0.4 is 32.7 Å². The van der Waals surface area contributed by atoms with Crippen molar-refractivity contribution in [3.63, 3.8) is 0 Å². The fraction of sp³-hybridized carbons (Fsp3) is 0.424. The minimum Gasteiger partial charge on any atom is -0.394 e. The van der Waals surface area contributed by atoms with Crippen molar-refractivity contribution in [3.05, 3.63) is 64.7 Å². The van der Waals surface area contributed by atoms with Crippen molar-refractivity contribution in [2.24, 2.45) is 22.4 Å². The molecule has 3 atom stereocenters. The Hall–Kier alpha value is -4.89. The molecule has 0 saturated heterocycles. The van der Waals surface area contributed by atoms with Crippen LogP contribution in [0.1, 0.15) is 61.0 Å². The molecule has 0 aliphatic carbocycles. The third-order valence-electron chi connectivity index (χ3n) is 7.14. The summed E-state index contributed by atoms with van der Waals surface area (Å²) in [5, 5.41) is 20.4. The lowest BCUT2D eigenvalue weighted by molar-refractivity contribution is -0.129. The fourth-order valence-corrected chi connectivity index (χ4v) is 5.87. The van der Waals surface area contributed by atoms with Crippen molar-refractivity contribution in [1.82, 2.24) is 26.3 Å². The highest BCUT2D eigenvalue weighted by Crippen LogP contribution is 2.23. The lowest BCUT2D eigenvalue weighted by Gasteiger charge is -2.23. The van der Waals surface area contributed by atoms with E-state index in [1.165, 1.54) is 18.3 Å². The molecule has 0 aliphatic heterocycles. The number of para-hydroxylation sites is 1. The summed E-state index contributed by atoms with van der Waals surface area (Å²) in [4.78, 5) is 72.5. The number of aliphatic imine (C=N–C) groups is 1. The molecule has 4 amide bonds. The number of nitrogens with two attached hydrogens (primary N) is 2. The van der Waals surface area contributed by atoms with Crippen LogP contribution in [0.5, 0.6) is 0 Å². The summed E-state index contributed by atoms with van der Waals surface area (Å²) < 4.78 is 0.849. The van der Waals surface area contributed by atoms with E-state index in [2.05, 4.69) is 31.2 Å². The minimum atomic E-state index is -1.07. The van der Waals surface area contributed by atoms with Gasteiger partial charge in [-0.25, -0.2) is 4.98 Å². The first kappa shape index (κ1) is 37.6. The van der Waals surface area contributed by atoms with Gasteiger partial charge >= 0.3 is 0 Å². The van der Waals surface area contributed by atoms with Crippen LogP contribution >= 0.6 is 11.3 Å². The molecule has 1 heterocycles. The number of amides is 4. The van der Waals surface area contributed by atoms with Gasteiger partial charge in [-0.2, -0.15) is 0 Å². The number of hydrogen-bond acceptors (Lipinski definition) is 9. The number of Topliss-reactive ketones (excluding diaryl/α,β-unsaturated/α-hetero) is 1. The Labute approximate surface area is 283 Å². The Morgan fingerprint density at radius 1 is 0.917 bits per heavy atom. The van der Waals surface area contributed by atoms with Crippen molar-refractivity contribution in [1.29, 1.82) is 0 Å². The van der Waals surface area contributed by atoms with E-state index in [1.54, 1.807) is 24.3 Å². The molecule has 1 aromatic heterocycles. The van der Waals surface area contributed by atoms with Crippen molar-refractivity contribution in [2.75, 3.05) is 13.2 Å². The van der Waals surface area contributed by atoms with Gasteiger partial charge in [0.25, 0.3) is 0 Å². The number of nitrogens with one attached hydrogen (secondary N) is 4. The molecule has 15 heteroatoms. The number of thiazole rings is 1. The van der Waals surface area contributed by atoms with E-state index in [0.29, 0.717) is 29.5 Å². The molecule has 14 nitrogen and oxygen atoms in total. The van der Waals surface area contributed by atoms with E-state index >= 15 is 0 Å². The van der Waals surface area contributed by atoms with Crippen LogP contribution in [0.2, 0.25) is 0 Å². The van der Waals surface area contributed by atoms with E-state index in [0.717, 1.165) is 4.70 Å². The summed E-state index contributed by atoms with van der Waals surface area (Å²) in [6.07, 6.45) is 0.972. The standard InChI is InChI=1S/C33H44N8O6S/c1-19(2)14-25(39-28(44)16-21-8-6-9-22(15-21)17-37-30(46)26(18-42)38-20(3)43)31(47)40-24(11-7-13-36-33(34)35)29(45)32-41-23-10-4-5-12-27(23)48-32/h4-6,8-10,12,15,19,24-26,42H,7,11,13-14,16-18H2,1-3H3,(H,37,46)(H,38,43)(H,39,44)(H,40,47)(H4,34,35,36)/t24-,25-,26-/m0/s1. The fourth-order valence-electron chi connectivity index (χ4n) is 4.91. The lowest BCUT2D eigenvalue weighted by Crippen LogP contribution is -2.52. The average molecular weight is 681 g/mol. The number of aromatic nitrogens is 1. The van der Waals surface area contributed by atoms with Crippen molar-refractivity contribution in [3.8, 4) is 0 Å². The van der Waals surface area contributed by atoms with E-state index in [1.807, 2.05) is 38.1 Å². The second-order valence-corrected chi connectivity index (χ2v) is 12.8. The maximum absolute atomic E-state index is 13.6. The number of benzene rings is 2. The van der Waals surface area contributed by atoms with Crippen LogP contribution in [0.4, 0.5) is 0 Å². The van der Waals surface area contributed by atoms with Crippen LogP contribution in [0.15, 0.2) is 53.5 Å². The van der Waals surface area contributed by atoms with Gasteiger partial charge in [0.15, 0.2) is 11.0 Å². The molecule has 48 heavy (non-hydrogen) atoms. The molecule has 3 aromatic rings. The SMILES string of the molecule is CC(=O)N[C@@H](CO)C(=O)NCc1cccc(CC(=O)N[C@@H](CC(C)C)C(=O)N[C@@H](CCCN=C(N)N)C(=O)c2nc3ccccc3s2)c1. The Bertz CT molecular complexity index is 1590. The maximum atomic E-state index is 13.6. The molecule has 0 unspecified atom stereocenters. The Kier molecular flexibility index (Phi) is 14.4. The summed E-state index contributed by atoms with van der Waals surface area (Å²) >= 11 is 1.25. The number of hydrogen-bond donors (Lipinski definition) is 7. The molecule has 0 spiro atoms. The molecule has 2 aromatic carbocycles. The van der Waals surface area contributed by atoms with E-state index in [9.17, 15) is 29.1 Å². The Morgan fingerprint density at radius 2 is 1.65 bits per heavy atom. The van der Waals surface area contributed by atoms with Gasteiger partial charge in [-0.3, -0.25) is 29.0 Å². The van der Waals surface area contributed by atoms with Gasteiger partial charge in [-0.1, -0.05) is 50.2 Å². The molecule has 0 fully saturated rings. The predicted molar refractivity (Wildman–Crippen MR) is 184 cm³/mol. The van der Waals surface area contributed by atoms with Gasteiger partial charge in [-0.05, 0) is 48.4 Å². The largest absolute Gasteiger partial charge is 0.394 e. The van der Waals surface area contributed by atoms with Crippen LogP contribution in [0.25, 0.3) is 10.2 Å². The lowest BCUT2D eigenvalue weighted by atomic mass is 10.0. The second-order valence-electron chi connectivity index (χ2n) is 11.8. The zero-order chi connectivity index (χ0) is 35.2. The van der Waals surface area contributed by atoms with Crippen molar-refractivity contribution < 1.29 is 29.1 Å². The predicted octanol–water partition coefficient (Wildman–Crippen LogP) is 0.904. The summed E-state index contributed by atoms with van der Waals surface area (Å²) in [7, 11) is 0. The first-order valence-corrected chi connectivity index (χ1v) is 16.5. The van der Waals surface area contributed by atoms with Crippen molar-refractivity contribution in [2.45, 2.75) is 71.1 Å². The van der Waals surface area contributed by atoms with Gasteiger partial charge < -0.3 is 37.8 Å². The third kappa shape index (κ3) is 12.0. The van der Waals surface area contributed by atoms with Gasteiger partial charge in [0.2, 0.25) is 29.4 Å². The molecule has 0 saturated carbocycles. The highest BCUT2D eigenvalue weighted by molar-refractivity contribution is 7.20. The van der Waals surface area contributed by atoms with Gasteiger partial charge in [-0.15, -0.1) is 11.3 Å². The first-order chi connectivity index (χ1) is 22.9. The summed E-state index contributed by atoms with van der Waals surface area (Å²) in [6.45, 7) is 4.93. The van der Waals surface area contributed by atoms with Crippen LogP contribution in [-0.4, -0.2) is 76.7 Å². The summed E-state index contributed by atoms with van der Waals surface area (Å²) in [5.74, 6) is -2.24. The zero-order valence-electron chi connectivity index (χ0n) is 27.3. The van der Waals surface area contributed by atoms with E-state index < -0.39 is 48.4 Å². The quantitative estimate of drug-likeness (QED) is 0.0437. The molecule has 0 bridgehead atoms. The van der Waals surface area contributed by atoms with Crippen LogP contribution in [-0.2, 0) is 32.1 Å². The highest BCUT2D eigenvalue weighted by atomic mass is 32.1. The van der Waals surface area contributed by atoms with Crippen molar-refractivity contribution >= 4 is 56.9 Å². The highest BCUT2D eigenvalue weighted by Gasteiger charge is 2.29. The van der Waals surface area contributed by atoms with Crippen LogP contribution in [0.3, 0.4) is 0 Å². The zero-order valence-corrected chi connectivity index (χ0v) is 28.1. The number of carbonyl (C=O) groups is 5. The van der Waals surface area contributed by atoms with E-state index in [-0.39, 0.29) is 48.6 Å². The number of rotatable bonds is 18. The number of ketones is 1. The number of guanidine groups is 1. The van der Waals surface area contributed by atoms with E-state index in [4.69, 9.17) is 11.5 Å². The Morgan fingerprint density at radius 3 is 2.31 bits per heavy atom. The van der Waals surface area contributed by atoms with Gasteiger partial charge in [0.1, 0.15) is 12.1 Å². The molecule has 258 valence electrons. The molecule has 9 N–H and O–H groups in total. The molecule has 3 rings (SSSR count). The Balaban J connectivity index is 1.69. The second kappa shape index (κ2) is 18.4. The molecule has 0 aliphatic rings. The number of aliphatic hydroxyl groups excluding tert-OH is 1. The average Bonchev–Trinajstić information content (AvgIpc) is 3.47. The first-order valence-electron chi connectivity index (χ1n) is 15.6. The monoisotopic (exact) mass is 680 g/mol. The summed E-state index contributed by atoms with van der Waals surface area (Å²) in [6, 6.07) is 11.5. The molecular formula is C33H44N8O6S. The topological polar surface area (TPSA) is 231 Å². The normalized spacial score (nSPS) is 12.9. The summed E-state index contributed by atoms with van der Waals surface area (Å²) in [5.41, 5.74) is 12.9. The number of nitrogens with zero attached hydrogens (tertiary/aromatic N) is 2. The smallest absolute Gasteiger partial charge is 0.245 e. The number of carbonyl (C=O) groups excluding carboxylic acids is 5. The minimum absolute atomic E-state index is 0.0403. The number of fused-ring (bicyclic) bond motifs is 1. The van der Waals surface area contributed by atoms with Gasteiger partial charge in [0, 0.05) is 20.0 Å².